The Balaban J connectivity index is 1.59. The second-order valence-corrected chi connectivity index (χ2v) is 9.20. The molecule has 2 N–H and O–H groups in total. The number of rotatable bonds is 7. The van der Waals surface area contributed by atoms with E-state index in [1.165, 1.54) is 36.4 Å². The second-order valence-electron chi connectivity index (χ2n) is 5.97. The van der Waals surface area contributed by atoms with E-state index in [4.69, 9.17) is 11.6 Å². The molecule has 1 amide bonds. The monoisotopic (exact) mass is 546 g/mol. The molecule has 0 radical (unpaired) electrons. The van der Waals surface area contributed by atoms with Gasteiger partial charge in [-0.1, -0.05) is 11.6 Å². The van der Waals surface area contributed by atoms with Gasteiger partial charge in [-0.3, -0.25) is 14.2 Å². The highest BCUT2D eigenvalue weighted by Crippen LogP contribution is 2.18. The molecule has 2 heterocycles. The fourth-order valence-corrected chi connectivity index (χ4v) is 3.86. The van der Waals surface area contributed by atoms with Crippen molar-refractivity contribution in [1.29, 1.82) is 0 Å². The van der Waals surface area contributed by atoms with E-state index in [0.29, 0.717) is 12.2 Å². The molecule has 9 nitrogen and oxygen atoms in total. The minimum Gasteiger partial charge on any atom is -0.326 e. The van der Waals surface area contributed by atoms with Crippen molar-refractivity contribution in [2.45, 2.75) is 24.8 Å². The molecule has 1 aromatic carbocycles. The summed E-state index contributed by atoms with van der Waals surface area (Å²) in [5, 5.41) is 14.4. The van der Waals surface area contributed by atoms with Crippen LogP contribution in [0.25, 0.3) is 0 Å². The summed E-state index contributed by atoms with van der Waals surface area (Å²) in [5.74, 6) is -0.143. The van der Waals surface area contributed by atoms with Crippen molar-refractivity contribution in [2.24, 2.45) is 0 Å². The topological polar surface area (TPSA) is 119 Å². The summed E-state index contributed by atoms with van der Waals surface area (Å²) in [6, 6.07) is 8.65. The van der Waals surface area contributed by atoms with Gasteiger partial charge in [-0.05, 0) is 65.9 Å². The average Bonchev–Trinajstić information content (AvgIpc) is 3.00. The summed E-state index contributed by atoms with van der Waals surface area (Å²) in [6.45, 7) is 2.40. The fraction of sp³-hybridized carbons (Fsp3) is 0.176. The van der Waals surface area contributed by atoms with Crippen LogP contribution in [0, 0.1) is 10.5 Å². The average molecular weight is 547 g/mol. The van der Waals surface area contributed by atoms with Gasteiger partial charge in [0.25, 0.3) is 10.0 Å². The normalized spacial score (nSPS) is 11.3. The SMILES string of the molecule is Cc1c(I)cnn1CCC(=O)Nc1ccc(S(=O)(=O)Nc2ccc(Cl)nn2)cc1. The first-order valence-corrected chi connectivity index (χ1v) is 11.3. The summed E-state index contributed by atoms with van der Waals surface area (Å²) >= 11 is 7.82. The number of hydrogen-bond acceptors (Lipinski definition) is 6. The lowest BCUT2D eigenvalue weighted by molar-refractivity contribution is -0.116. The molecule has 0 bridgehead atoms. The Hall–Kier alpha value is -2.25. The smallest absolute Gasteiger partial charge is 0.263 e. The first-order valence-electron chi connectivity index (χ1n) is 8.34. The number of nitrogens with one attached hydrogen (secondary N) is 2. The van der Waals surface area contributed by atoms with Gasteiger partial charge < -0.3 is 5.32 Å². The Kier molecular flexibility index (Phi) is 6.70. The zero-order valence-electron chi connectivity index (χ0n) is 15.1. The number of sulfonamides is 1. The van der Waals surface area contributed by atoms with Crippen LogP contribution in [-0.2, 0) is 21.4 Å². The number of carbonyl (C=O) groups is 1. The summed E-state index contributed by atoms with van der Waals surface area (Å²) in [4.78, 5) is 12.2. The molecular weight excluding hydrogens is 531 g/mol. The molecular formula is C17H16ClIN6O3S. The summed E-state index contributed by atoms with van der Waals surface area (Å²) in [6.07, 6.45) is 1.99. The van der Waals surface area contributed by atoms with Gasteiger partial charge in [0.15, 0.2) is 11.0 Å². The molecule has 2 aromatic heterocycles. The standard InChI is InChI=1S/C17H16ClIN6O3S/c1-11-14(19)10-20-25(11)9-8-17(26)21-12-2-4-13(5-3-12)29(27,28)24-16-7-6-15(18)22-23-16/h2-7,10H,8-9H2,1H3,(H,21,26)(H,23,24). The van der Waals surface area contributed by atoms with Crippen LogP contribution in [0.1, 0.15) is 12.1 Å². The lowest BCUT2D eigenvalue weighted by Gasteiger charge is -2.09. The van der Waals surface area contributed by atoms with E-state index >= 15 is 0 Å². The van der Waals surface area contributed by atoms with E-state index in [1.54, 1.807) is 10.9 Å². The molecule has 0 unspecified atom stereocenters. The minimum atomic E-state index is -3.84. The van der Waals surface area contributed by atoms with E-state index in [9.17, 15) is 13.2 Å². The molecule has 0 aliphatic carbocycles. The van der Waals surface area contributed by atoms with Crippen LogP contribution in [0.2, 0.25) is 5.15 Å². The highest BCUT2D eigenvalue weighted by molar-refractivity contribution is 14.1. The van der Waals surface area contributed by atoms with Crippen molar-refractivity contribution in [3.8, 4) is 0 Å². The highest BCUT2D eigenvalue weighted by atomic mass is 127. The largest absolute Gasteiger partial charge is 0.326 e. The van der Waals surface area contributed by atoms with Gasteiger partial charge in [-0.2, -0.15) is 5.10 Å². The van der Waals surface area contributed by atoms with Gasteiger partial charge in [0, 0.05) is 17.8 Å². The second kappa shape index (κ2) is 9.05. The van der Waals surface area contributed by atoms with Crippen molar-refractivity contribution >= 4 is 61.6 Å². The first-order chi connectivity index (χ1) is 13.7. The molecule has 3 rings (SSSR count). The Morgan fingerprint density at radius 1 is 1.17 bits per heavy atom. The van der Waals surface area contributed by atoms with Crippen LogP contribution in [0.4, 0.5) is 11.5 Å². The van der Waals surface area contributed by atoms with Crippen LogP contribution < -0.4 is 10.0 Å². The van der Waals surface area contributed by atoms with E-state index in [0.717, 1.165) is 9.26 Å². The predicted octanol–water partition coefficient (Wildman–Crippen LogP) is 3.07. The molecule has 3 aromatic rings. The van der Waals surface area contributed by atoms with E-state index in [1.807, 2.05) is 6.92 Å². The van der Waals surface area contributed by atoms with Crippen LogP contribution in [0.5, 0.6) is 0 Å². The van der Waals surface area contributed by atoms with E-state index < -0.39 is 10.0 Å². The molecule has 0 atom stereocenters. The Labute approximate surface area is 186 Å². The fourth-order valence-electron chi connectivity index (χ4n) is 2.36. The summed E-state index contributed by atoms with van der Waals surface area (Å²) in [7, 11) is -3.84. The summed E-state index contributed by atoms with van der Waals surface area (Å²) in [5.41, 5.74) is 1.50. The zero-order valence-corrected chi connectivity index (χ0v) is 18.9. The van der Waals surface area contributed by atoms with Crippen LogP contribution in [0.3, 0.4) is 0 Å². The number of anilines is 2. The van der Waals surface area contributed by atoms with Gasteiger partial charge in [0.2, 0.25) is 5.91 Å². The quantitative estimate of drug-likeness (QED) is 0.440. The van der Waals surface area contributed by atoms with E-state index in [2.05, 4.69) is 47.9 Å². The van der Waals surface area contributed by atoms with Gasteiger partial charge in [0.1, 0.15) is 0 Å². The number of halogens is 2. The third kappa shape index (κ3) is 5.64. The number of nitrogens with zero attached hydrogens (tertiary/aromatic N) is 4. The highest BCUT2D eigenvalue weighted by Gasteiger charge is 2.15. The maximum absolute atomic E-state index is 12.4. The van der Waals surface area contributed by atoms with Gasteiger partial charge in [-0.25, -0.2) is 8.42 Å². The number of hydrogen-bond donors (Lipinski definition) is 2. The predicted molar refractivity (Wildman–Crippen MR) is 117 cm³/mol. The van der Waals surface area contributed by atoms with Crippen molar-refractivity contribution < 1.29 is 13.2 Å². The van der Waals surface area contributed by atoms with Gasteiger partial charge in [-0.15, -0.1) is 10.2 Å². The van der Waals surface area contributed by atoms with Crippen LogP contribution in [0.15, 0.2) is 47.5 Å². The molecule has 0 aliphatic heterocycles. The molecule has 12 heteroatoms. The van der Waals surface area contributed by atoms with Crippen LogP contribution >= 0.6 is 34.2 Å². The molecule has 0 fully saturated rings. The lowest BCUT2D eigenvalue weighted by atomic mass is 10.3. The molecule has 0 saturated heterocycles. The summed E-state index contributed by atoms with van der Waals surface area (Å²) < 4.78 is 29.9. The number of aromatic nitrogens is 4. The van der Waals surface area contributed by atoms with Crippen molar-refractivity contribution in [3.05, 3.63) is 57.0 Å². The molecule has 152 valence electrons. The number of benzene rings is 1. The lowest BCUT2D eigenvalue weighted by Crippen LogP contribution is -2.16. The minimum absolute atomic E-state index is 0.0222. The number of carbonyl (C=O) groups excluding carboxylic acids is 1. The Morgan fingerprint density at radius 2 is 1.90 bits per heavy atom. The molecule has 0 aliphatic rings. The van der Waals surface area contributed by atoms with Crippen LogP contribution in [-0.4, -0.2) is 34.3 Å². The third-order valence-electron chi connectivity index (χ3n) is 3.91. The van der Waals surface area contributed by atoms with Crippen molar-refractivity contribution in [1.82, 2.24) is 20.0 Å². The Bertz CT molecular complexity index is 1120. The molecule has 0 saturated carbocycles. The first kappa shape index (κ1) is 21.5. The third-order valence-corrected chi connectivity index (χ3v) is 6.54. The van der Waals surface area contributed by atoms with Crippen molar-refractivity contribution in [3.63, 3.8) is 0 Å². The molecule has 29 heavy (non-hydrogen) atoms. The van der Waals surface area contributed by atoms with Gasteiger partial charge >= 0.3 is 0 Å². The number of amides is 1. The number of aryl methyl sites for hydroxylation is 1. The molecule has 0 spiro atoms. The Morgan fingerprint density at radius 3 is 2.48 bits per heavy atom. The maximum Gasteiger partial charge on any atom is 0.263 e. The van der Waals surface area contributed by atoms with Gasteiger partial charge in [0.05, 0.1) is 21.2 Å². The van der Waals surface area contributed by atoms with Crippen molar-refractivity contribution in [2.75, 3.05) is 10.0 Å². The van der Waals surface area contributed by atoms with E-state index in [-0.39, 0.29) is 28.2 Å². The maximum atomic E-state index is 12.4. The zero-order chi connectivity index (χ0) is 21.0.